The SMILES string of the molecule is CC1CC(Cl)=CC2=C1CN(C(C)C)C2=O. The van der Waals surface area contributed by atoms with Gasteiger partial charge in [-0.05, 0) is 37.8 Å². The van der Waals surface area contributed by atoms with Crippen LogP contribution in [-0.4, -0.2) is 23.4 Å². The highest BCUT2D eigenvalue weighted by molar-refractivity contribution is 6.30. The van der Waals surface area contributed by atoms with Crippen molar-refractivity contribution < 1.29 is 4.79 Å². The summed E-state index contributed by atoms with van der Waals surface area (Å²) in [5.74, 6) is 0.551. The maximum absolute atomic E-state index is 12.0. The predicted molar refractivity (Wildman–Crippen MR) is 61.6 cm³/mol. The molecule has 0 aromatic carbocycles. The molecule has 1 heterocycles. The van der Waals surface area contributed by atoms with Crippen LogP contribution >= 0.6 is 11.6 Å². The third-order valence-electron chi connectivity index (χ3n) is 3.20. The molecule has 1 amide bonds. The molecule has 2 nitrogen and oxygen atoms in total. The summed E-state index contributed by atoms with van der Waals surface area (Å²) in [5, 5.41) is 0.806. The number of carbonyl (C=O) groups excluding carboxylic acids is 1. The van der Waals surface area contributed by atoms with Crippen LogP contribution in [0.2, 0.25) is 0 Å². The Bertz CT molecular complexity index is 368. The van der Waals surface area contributed by atoms with Crippen LogP contribution in [-0.2, 0) is 4.79 Å². The van der Waals surface area contributed by atoms with Crippen LogP contribution in [0.25, 0.3) is 0 Å². The second-order valence-corrected chi connectivity index (χ2v) is 5.15. The summed E-state index contributed by atoms with van der Waals surface area (Å²) in [5.41, 5.74) is 2.10. The van der Waals surface area contributed by atoms with Crippen molar-refractivity contribution in [1.82, 2.24) is 4.90 Å². The number of allylic oxidation sites excluding steroid dienone is 1. The number of halogens is 1. The first-order chi connectivity index (χ1) is 7.00. The Morgan fingerprint density at radius 3 is 2.80 bits per heavy atom. The lowest BCUT2D eigenvalue weighted by atomic mass is 9.90. The first kappa shape index (κ1) is 10.7. The van der Waals surface area contributed by atoms with Gasteiger partial charge in [-0.3, -0.25) is 4.79 Å². The zero-order valence-corrected chi connectivity index (χ0v) is 10.1. The van der Waals surface area contributed by atoms with E-state index in [9.17, 15) is 4.79 Å². The third kappa shape index (κ3) is 1.71. The molecular formula is C12H16ClNO. The second kappa shape index (κ2) is 3.67. The molecule has 1 aliphatic carbocycles. The molecule has 3 heteroatoms. The fraction of sp³-hybridized carbons (Fsp3) is 0.583. The predicted octanol–water partition coefficient (Wildman–Crippen LogP) is 2.70. The fourth-order valence-corrected chi connectivity index (χ4v) is 2.60. The molecule has 0 saturated carbocycles. The molecule has 0 saturated heterocycles. The number of carbonyl (C=O) groups is 1. The maximum atomic E-state index is 12.0. The average Bonchev–Trinajstić information content (AvgIpc) is 2.44. The maximum Gasteiger partial charge on any atom is 0.254 e. The van der Waals surface area contributed by atoms with E-state index in [1.807, 2.05) is 24.8 Å². The van der Waals surface area contributed by atoms with Crippen molar-refractivity contribution >= 4 is 17.5 Å². The summed E-state index contributed by atoms with van der Waals surface area (Å²) in [6, 6.07) is 0.266. The van der Waals surface area contributed by atoms with Crippen LogP contribution in [0.5, 0.6) is 0 Å². The van der Waals surface area contributed by atoms with Gasteiger partial charge in [0, 0.05) is 23.2 Å². The van der Waals surface area contributed by atoms with Gasteiger partial charge in [-0.1, -0.05) is 18.5 Å². The van der Waals surface area contributed by atoms with Gasteiger partial charge < -0.3 is 4.90 Å². The van der Waals surface area contributed by atoms with Gasteiger partial charge in [0.05, 0.1) is 0 Å². The van der Waals surface area contributed by atoms with Crippen LogP contribution in [0.1, 0.15) is 27.2 Å². The first-order valence-corrected chi connectivity index (χ1v) is 5.78. The molecule has 0 radical (unpaired) electrons. The molecular weight excluding hydrogens is 210 g/mol. The van der Waals surface area contributed by atoms with E-state index in [4.69, 9.17) is 11.6 Å². The van der Waals surface area contributed by atoms with Crippen LogP contribution in [0.4, 0.5) is 0 Å². The lowest BCUT2D eigenvalue weighted by molar-refractivity contribution is -0.126. The Kier molecular flexibility index (Phi) is 2.63. The minimum atomic E-state index is 0.143. The zero-order chi connectivity index (χ0) is 11.2. The van der Waals surface area contributed by atoms with Gasteiger partial charge in [0.1, 0.15) is 0 Å². The minimum absolute atomic E-state index is 0.143. The average molecular weight is 226 g/mol. The van der Waals surface area contributed by atoms with Crippen molar-refractivity contribution in [2.75, 3.05) is 6.54 Å². The van der Waals surface area contributed by atoms with Gasteiger partial charge in [-0.25, -0.2) is 0 Å². The molecule has 1 aliphatic heterocycles. The number of nitrogens with zero attached hydrogens (tertiary/aromatic N) is 1. The Hall–Kier alpha value is -0.760. The molecule has 2 rings (SSSR count). The summed E-state index contributed by atoms with van der Waals surface area (Å²) in [6.07, 6.45) is 2.72. The standard InChI is InChI=1S/C12H16ClNO/c1-7(2)14-6-11-8(3)4-9(13)5-10(11)12(14)15/h5,7-8H,4,6H2,1-3H3. The van der Waals surface area contributed by atoms with E-state index in [2.05, 4.69) is 6.92 Å². The first-order valence-electron chi connectivity index (χ1n) is 5.40. The molecule has 82 valence electrons. The second-order valence-electron chi connectivity index (χ2n) is 4.66. The molecule has 1 unspecified atom stereocenters. The molecule has 0 spiro atoms. The van der Waals surface area contributed by atoms with Gasteiger partial charge in [0.25, 0.3) is 5.91 Å². The Morgan fingerprint density at radius 1 is 1.53 bits per heavy atom. The van der Waals surface area contributed by atoms with E-state index in [-0.39, 0.29) is 11.9 Å². The Labute approximate surface area is 95.6 Å². The van der Waals surface area contributed by atoms with E-state index < -0.39 is 0 Å². The van der Waals surface area contributed by atoms with Crippen molar-refractivity contribution in [2.45, 2.75) is 33.2 Å². The fourth-order valence-electron chi connectivity index (χ4n) is 2.26. The molecule has 0 N–H and O–H groups in total. The highest BCUT2D eigenvalue weighted by atomic mass is 35.5. The van der Waals surface area contributed by atoms with Gasteiger partial charge in [-0.2, -0.15) is 0 Å². The summed E-state index contributed by atoms with van der Waals surface area (Å²) in [7, 11) is 0. The van der Waals surface area contributed by atoms with Crippen molar-refractivity contribution in [3.8, 4) is 0 Å². The normalized spacial score (nSPS) is 26.2. The van der Waals surface area contributed by atoms with Crippen molar-refractivity contribution in [1.29, 1.82) is 0 Å². The van der Waals surface area contributed by atoms with Crippen LogP contribution in [0, 0.1) is 5.92 Å². The van der Waals surface area contributed by atoms with Crippen molar-refractivity contribution in [3.05, 3.63) is 22.3 Å². The largest absolute Gasteiger partial charge is 0.332 e. The third-order valence-corrected chi connectivity index (χ3v) is 3.46. The van der Waals surface area contributed by atoms with Gasteiger partial charge >= 0.3 is 0 Å². The Morgan fingerprint density at radius 2 is 2.20 bits per heavy atom. The monoisotopic (exact) mass is 225 g/mol. The van der Waals surface area contributed by atoms with E-state index in [1.165, 1.54) is 5.57 Å². The van der Waals surface area contributed by atoms with Crippen LogP contribution in [0.15, 0.2) is 22.3 Å². The van der Waals surface area contributed by atoms with Crippen LogP contribution in [0.3, 0.4) is 0 Å². The molecule has 0 aromatic rings. The highest BCUT2D eigenvalue weighted by Crippen LogP contribution is 2.36. The Balaban J connectivity index is 2.33. The quantitative estimate of drug-likeness (QED) is 0.672. The molecule has 2 aliphatic rings. The van der Waals surface area contributed by atoms with E-state index in [0.717, 1.165) is 23.6 Å². The van der Waals surface area contributed by atoms with E-state index in [1.54, 1.807) is 0 Å². The lowest BCUT2D eigenvalue weighted by Gasteiger charge is -2.22. The van der Waals surface area contributed by atoms with Gasteiger partial charge in [0.15, 0.2) is 0 Å². The lowest BCUT2D eigenvalue weighted by Crippen LogP contribution is -2.33. The zero-order valence-electron chi connectivity index (χ0n) is 9.38. The molecule has 0 aromatic heterocycles. The van der Waals surface area contributed by atoms with Crippen LogP contribution < -0.4 is 0 Å². The molecule has 15 heavy (non-hydrogen) atoms. The van der Waals surface area contributed by atoms with Crippen molar-refractivity contribution in [2.24, 2.45) is 5.92 Å². The topological polar surface area (TPSA) is 20.3 Å². The number of hydrogen-bond acceptors (Lipinski definition) is 1. The van der Waals surface area contributed by atoms with Crippen molar-refractivity contribution in [3.63, 3.8) is 0 Å². The number of rotatable bonds is 1. The van der Waals surface area contributed by atoms with Gasteiger partial charge in [0.2, 0.25) is 0 Å². The summed E-state index contributed by atoms with van der Waals surface area (Å²) < 4.78 is 0. The molecule has 0 fully saturated rings. The van der Waals surface area contributed by atoms with E-state index in [0.29, 0.717) is 5.92 Å². The summed E-state index contributed by atoms with van der Waals surface area (Å²) in [4.78, 5) is 13.9. The smallest absolute Gasteiger partial charge is 0.254 e. The molecule has 0 bridgehead atoms. The summed E-state index contributed by atoms with van der Waals surface area (Å²) >= 11 is 6.03. The molecule has 1 atom stereocenters. The van der Waals surface area contributed by atoms with E-state index >= 15 is 0 Å². The van der Waals surface area contributed by atoms with Gasteiger partial charge in [-0.15, -0.1) is 0 Å². The summed E-state index contributed by atoms with van der Waals surface area (Å²) in [6.45, 7) is 7.02. The number of hydrogen-bond donors (Lipinski definition) is 0. The minimum Gasteiger partial charge on any atom is -0.332 e. The highest BCUT2D eigenvalue weighted by Gasteiger charge is 2.35. The number of amides is 1.